The number of nitrogens with zero attached hydrogens (tertiary/aromatic N) is 1. The van der Waals surface area contributed by atoms with Gasteiger partial charge in [-0.2, -0.15) is 0 Å². The summed E-state index contributed by atoms with van der Waals surface area (Å²) in [5, 5.41) is 5.61. The first-order valence-electron chi connectivity index (χ1n) is 9.48. The van der Waals surface area contributed by atoms with E-state index in [9.17, 15) is 9.59 Å². The monoisotopic (exact) mass is 437 g/mol. The maximum atomic E-state index is 12.7. The molecule has 31 heavy (non-hydrogen) atoms. The third-order valence-electron chi connectivity index (χ3n) is 4.31. The Morgan fingerprint density at radius 1 is 0.968 bits per heavy atom. The van der Waals surface area contributed by atoms with Crippen molar-refractivity contribution in [1.82, 2.24) is 4.98 Å². The van der Waals surface area contributed by atoms with Crippen molar-refractivity contribution in [2.75, 3.05) is 30.6 Å². The molecule has 0 saturated heterocycles. The van der Waals surface area contributed by atoms with Crippen LogP contribution in [0.25, 0.3) is 0 Å². The Balaban J connectivity index is 1.63. The predicted octanol–water partition coefficient (Wildman–Crippen LogP) is 4.39. The van der Waals surface area contributed by atoms with Gasteiger partial charge in [-0.1, -0.05) is 18.2 Å². The SMILES string of the molecule is COc1ccc(NC(=O)CSc2ccccc2C(=O)Nc2ccc(C)cn2)cc1OC. The molecule has 0 radical (unpaired) electrons. The van der Waals surface area contributed by atoms with Crippen LogP contribution in [0, 0.1) is 6.92 Å². The van der Waals surface area contributed by atoms with Gasteiger partial charge in [0.2, 0.25) is 5.91 Å². The van der Waals surface area contributed by atoms with Gasteiger partial charge in [0, 0.05) is 22.8 Å². The Morgan fingerprint density at radius 2 is 1.74 bits per heavy atom. The first-order valence-corrected chi connectivity index (χ1v) is 10.5. The lowest BCUT2D eigenvalue weighted by Gasteiger charge is -2.11. The molecule has 0 aliphatic rings. The van der Waals surface area contributed by atoms with Crippen molar-refractivity contribution >= 4 is 35.1 Å². The number of hydrogen-bond donors (Lipinski definition) is 2. The molecule has 0 spiro atoms. The molecule has 0 unspecified atom stereocenters. The molecular weight excluding hydrogens is 414 g/mol. The van der Waals surface area contributed by atoms with Gasteiger partial charge in [0.05, 0.1) is 25.5 Å². The summed E-state index contributed by atoms with van der Waals surface area (Å²) < 4.78 is 10.5. The normalized spacial score (nSPS) is 10.3. The maximum Gasteiger partial charge on any atom is 0.257 e. The Hall–Kier alpha value is -3.52. The Morgan fingerprint density at radius 3 is 2.45 bits per heavy atom. The first kappa shape index (κ1) is 22.2. The molecule has 2 amide bonds. The summed E-state index contributed by atoms with van der Waals surface area (Å²) in [6, 6.07) is 15.9. The van der Waals surface area contributed by atoms with Crippen LogP contribution in [0.4, 0.5) is 11.5 Å². The predicted molar refractivity (Wildman–Crippen MR) is 122 cm³/mol. The van der Waals surface area contributed by atoms with Crippen molar-refractivity contribution < 1.29 is 19.1 Å². The van der Waals surface area contributed by atoms with Gasteiger partial charge in [-0.3, -0.25) is 9.59 Å². The number of methoxy groups -OCH3 is 2. The second-order valence-electron chi connectivity index (χ2n) is 6.58. The molecule has 3 aromatic rings. The number of amides is 2. The number of aromatic nitrogens is 1. The van der Waals surface area contributed by atoms with Gasteiger partial charge < -0.3 is 20.1 Å². The number of benzene rings is 2. The first-order chi connectivity index (χ1) is 15.0. The molecule has 3 rings (SSSR count). The number of rotatable bonds is 8. The highest BCUT2D eigenvalue weighted by Crippen LogP contribution is 2.30. The summed E-state index contributed by atoms with van der Waals surface area (Å²) in [6.07, 6.45) is 1.69. The molecule has 1 aromatic heterocycles. The van der Waals surface area contributed by atoms with Crippen LogP contribution in [0.15, 0.2) is 65.7 Å². The fourth-order valence-electron chi connectivity index (χ4n) is 2.76. The van der Waals surface area contributed by atoms with Crippen LogP contribution in [0.2, 0.25) is 0 Å². The van der Waals surface area contributed by atoms with E-state index in [2.05, 4.69) is 15.6 Å². The van der Waals surface area contributed by atoms with Gasteiger partial charge in [-0.25, -0.2) is 4.98 Å². The number of aryl methyl sites for hydroxylation is 1. The topological polar surface area (TPSA) is 89.5 Å². The zero-order chi connectivity index (χ0) is 22.2. The summed E-state index contributed by atoms with van der Waals surface area (Å²) >= 11 is 1.28. The maximum absolute atomic E-state index is 12.7. The molecule has 0 aliphatic carbocycles. The highest BCUT2D eigenvalue weighted by molar-refractivity contribution is 8.00. The molecule has 1 heterocycles. The van der Waals surface area contributed by atoms with Gasteiger partial charge in [0.25, 0.3) is 5.91 Å². The lowest BCUT2D eigenvalue weighted by Crippen LogP contribution is -2.16. The van der Waals surface area contributed by atoms with E-state index in [1.807, 2.05) is 25.1 Å². The highest BCUT2D eigenvalue weighted by atomic mass is 32.2. The van der Waals surface area contributed by atoms with E-state index in [0.717, 1.165) is 5.56 Å². The molecule has 0 fully saturated rings. The highest BCUT2D eigenvalue weighted by Gasteiger charge is 2.14. The minimum Gasteiger partial charge on any atom is -0.493 e. The lowest BCUT2D eigenvalue weighted by atomic mass is 10.2. The fraction of sp³-hybridized carbons (Fsp3) is 0.174. The number of thioether (sulfide) groups is 1. The van der Waals surface area contributed by atoms with Crippen LogP contribution >= 0.6 is 11.8 Å². The van der Waals surface area contributed by atoms with E-state index in [-0.39, 0.29) is 17.6 Å². The van der Waals surface area contributed by atoms with E-state index < -0.39 is 0 Å². The van der Waals surface area contributed by atoms with Crippen molar-refractivity contribution in [3.8, 4) is 11.5 Å². The molecule has 2 aromatic carbocycles. The minimum absolute atomic E-state index is 0.140. The average Bonchev–Trinajstić information content (AvgIpc) is 2.79. The number of carbonyl (C=O) groups is 2. The van der Waals surface area contributed by atoms with Crippen molar-refractivity contribution in [3.63, 3.8) is 0 Å². The summed E-state index contributed by atoms with van der Waals surface area (Å²) in [6.45, 7) is 1.93. The molecule has 7 nitrogen and oxygen atoms in total. The number of anilines is 2. The van der Waals surface area contributed by atoms with Gasteiger partial charge in [-0.05, 0) is 42.8 Å². The summed E-state index contributed by atoms with van der Waals surface area (Å²) in [4.78, 5) is 30.0. The average molecular weight is 438 g/mol. The van der Waals surface area contributed by atoms with E-state index >= 15 is 0 Å². The van der Waals surface area contributed by atoms with Crippen LogP contribution < -0.4 is 20.1 Å². The quantitative estimate of drug-likeness (QED) is 0.508. The number of nitrogens with one attached hydrogen (secondary N) is 2. The Labute approximate surface area is 185 Å². The third-order valence-corrected chi connectivity index (χ3v) is 5.38. The molecule has 160 valence electrons. The van der Waals surface area contributed by atoms with Crippen molar-refractivity contribution in [1.29, 1.82) is 0 Å². The Bertz CT molecular complexity index is 1070. The molecular formula is C23H23N3O4S. The molecule has 0 bridgehead atoms. The summed E-state index contributed by atoms with van der Waals surface area (Å²) in [5.74, 6) is 1.24. The van der Waals surface area contributed by atoms with Crippen molar-refractivity contribution in [3.05, 3.63) is 71.9 Å². The van der Waals surface area contributed by atoms with Gasteiger partial charge in [0.1, 0.15) is 5.82 Å². The van der Waals surface area contributed by atoms with E-state index in [1.165, 1.54) is 18.9 Å². The van der Waals surface area contributed by atoms with Gasteiger partial charge in [0.15, 0.2) is 11.5 Å². The van der Waals surface area contributed by atoms with Crippen LogP contribution in [0.3, 0.4) is 0 Å². The Kier molecular flexibility index (Phi) is 7.50. The number of pyridine rings is 1. The smallest absolute Gasteiger partial charge is 0.257 e. The van der Waals surface area contributed by atoms with E-state index in [0.29, 0.717) is 33.5 Å². The van der Waals surface area contributed by atoms with Crippen LogP contribution in [0.1, 0.15) is 15.9 Å². The molecule has 0 saturated carbocycles. The molecule has 0 atom stereocenters. The lowest BCUT2D eigenvalue weighted by molar-refractivity contribution is -0.113. The second-order valence-corrected chi connectivity index (χ2v) is 7.59. The van der Waals surface area contributed by atoms with E-state index in [1.54, 1.807) is 49.7 Å². The summed E-state index contributed by atoms with van der Waals surface area (Å²) in [5.41, 5.74) is 2.09. The summed E-state index contributed by atoms with van der Waals surface area (Å²) in [7, 11) is 3.09. The molecule has 8 heteroatoms. The second kappa shape index (κ2) is 10.5. The van der Waals surface area contributed by atoms with Crippen LogP contribution in [-0.4, -0.2) is 36.8 Å². The molecule has 2 N–H and O–H groups in total. The molecule has 0 aliphatic heterocycles. The standard InChI is InChI=1S/C23H23N3O4S/c1-15-8-11-21(24-13-15)26-23(28)17-6-4-5-7-20(17)31-14-22(27)25-16-9-10-18(29-2)19(12-16)30-3/h4-13H,14H2,1-3H3,(H,25,27)(H,24,26,28). The van der Waals surface area contributed by atoms with Crippen LogP contribution in [0.5, 0.6) is 11.5 Å². The van der Waals surface area contributed by atoms with Crippen molar-refractivity contribution in [2.24, 2.45) is 0 Å². The third kappa shape index (κ3) is 5.99. The number of ether oxygens (including phenoxy) is 2. The number of carbonyl (C=O) groups excluding carboxylic acids is 2. The fourth-order valence-corrected chi connectivity index (χ4v) is 3.61. The zero-order valence-corrected chi connectivity index (χ0v) is 18.3. The van der Waals surface area contributed by atoms with Gasteiger partial charge in [-0.15, -0.1) is 11.8 Å². The van der Waals surface area contributed by atoms with Crippen molar-refractivity contribution in [2.45, 2.75) is 11.8 Å². The van der Waals surface area contributed by atoms with Crippen LogP contribution in [-0.2, 0) is 4.79 Å². The zero-order valence-electron chi connectivity index (χ0n) is 17.5. The van der Waals surface area contributed by atoms with E-state index in [4.69, 9.17) is 9.47 Å². The van der Waals surface area contributed by atoms with Gasteiger partial charge >= 0.3 is 0 Å². The number of hydrogen-bond acceptors (Lipinski definition) is 6. The minimum atomic E-state index is -0.278. The largest absolute Gasteiger partial charge is 0.493 e.